The van der Waals surface area contributed by atoms with Gasteiger partial charge in [0, 0.05) is 18.5 Å². The third kappa shape index (κ3) is 3.27. The normalized spacial score (nSPS) is 11.4. The number of nitrogens with one attached hydrogen (secondary N) is 2. The van der Waals surface area contributed by atoms with E-state index >= 15 is 0 Å². The predicted molar refractivity (Wildman–Crippen MR) is 70.1 cm³/mol. The van der Waals surface area contributed by atoms with E-state index in [1.165, 1.54) is 12.1 Å². The van der Waals surface area contributed by atoms with Gasteiger partial charge in [-0.1, -0.05) is 6.07 Å². The Morgan fingerprint density at radius 1 is 1.32 bits per heavy atom. The number of aromatic amines is 1. The first-order chi connectivity index (χ1) is 8.99. The second-order valence-electron chi connectivity index (χ2n) is 3.98. The third-order valence-electron chi connectivity index (χ3n) is 2.61. The van der Waals surface area contributed by atoms with Gasteiger partial charge in [-0.15, -0.1) is 0 Å². The van der Waals surface area contributed by atoms with E-state index in [1.54, 1.807) is 12.3 Å². The van der Waals surface area contributed by atoms with E-state index in [9.17, 15) is 13.2 Å². The van der Waals surface area contributed by atoms with Crippen LogP contribution in [0.15, 0.2) is 46.3 Å². The molecule has 0 saturated carbocycles. The average Bonchev–Trinajstić information content (AvgIpc) is 2.38. The maximum absolute atomic E-state index is 12.0. The molecular formula is C12H13N3O3S. The molecule has 2 aromatic heterocycles. The number of H-pyrrole nitrogens is 1. The molecule has 2 aromatic rings. The number of aromatic nitrogens is 2. The molecule has 0 aliphatic heterocycles. The van der Waals surface area contributed by atoms with Crippen LogP contribution in [-0.2, 0) is 16.6 Å². The van der Waals surface area contributed by atoms with E-state index in [4.69, 9.17) is 0 Å². The van der Waals surface area contributed by atoms with Crippen LogP contribution in [-0.4, -0.2) is 18.4 Å². The summed E-state index contributed by atoms with van der Waals surface area (Å²) in [5, 5.41) is 0. The molecule has 0 aliphatic carbocycles. The van der Waals surface area contributed by atoms with Crippen LogP contribution in [0.5, 0.6) is 0 Å². The molecular weight excluding hydrogens is 266 g/mol. The lowest BCUT2D eigenvalue weighted by molar-refractivity contribution is 0.579. The van der Waals surface area contributed by atoms with E-state index in [0.29, 0.717) is 5.69 Å². The summed E-state index contributed by atoms with van der Waals surface area (Å²) in [4.78, 5) is 17.3. The lowest BCUT2D eigenvalue weighted by Gasteiger charge is -2.07. The molecule has 0 unspecified atom stereocenters. The first-order valence-electron chi connectivity index (χ1n) is 5.58. The van der Waals surface area contributed by atoms with Crippen molar-refractivity contribution >= 4 is 10.0 Å². The molecule has 0 aromatic carbocycles. The topological polar surface area (TPSA) is 91.9 Å². The number of rotatable bonds is 4. The van der Waals surface area contributed by atoms with Gasteiger partial charge in [-0.2, -0.15) is 0 Å². The Hall–Kier alpha value is -1.99. The van der Waals surface area contributed by atoms with Crippen LogP contribution in [0.1, 0.15) is 11.3 Å². The van der Waals surface area contributed by atoms with Gasteiger partial charge < -0.3 is 4.98 Å². The van der Waals surface area contributed by atoms with Crippen LogP contribution in [0.2, 0.25) is 0 Å². The SMILES string of the molecule is Cc1cccnc1CNS(=O)(=O)c1ccc(=O)[nH]c1. The van der Waals surface area contributed by atoms with Crippen molar-refractivity contribution in [2.24, 2.45) is 0 Å². The van der Waals surface area contributed by atoms with E-state index in [0.717, 1.165) is 11.8 Å². The largest absolute Gasteiger partial charge is 0.328 e. The van der Waals surface area contributed by atoms with Crippen molar-refractivity contribution in [1.82, 2.24) is 14.7 Å². The minimum Gasteiger partial charge on any atom is -0.328 e. The molecule has 19 heavy (non-hydrogen) atoms. The van der Waals surface area contributed by atoms with Crippen molar-refractivity contribution in [3.05, 3.63) is 58.3 Å². The third-order valence-corrected chi connectivity index (χ3v) is 4.01. The van der Waals surface area contributed by atoms with Crippen LogP contribution in [0.3, 0.4) is 0 Å². The fourth-order valence-corrected chi connectivity index (χ4v) is 2.47. The van der Waals surface area contributed by atoms with Gasteiger partial charge in [-0.3, -0.25) is 9.78 Å². The lowest BCUT2D eigenvalue weighted by atomic mass is 10.2. The average molecular weight is 279 g/mol. The highest BCUT2D eigenvalue weighted by Gasteiger charge is 2.14. The second-order valence-corrected chi connectivity index (χ2v) is 5.75. The summed E-state index contributed by atoms with van der Waals surface area (Å²) < 4.78 is 26.4. The van der Waals surface area contributed by atoms with E-state index in [1.807, 2.05) is 13.0 Å². The van der Waals surface area contributed by atoms with E-state index in [-0.39, 0.29) is 17.0 Å². The number of nitrogens with zero attached hydrogens (tertiary/aromatic N) is 1. The molecule has 0 amide bonds. The van der Waals surface area contributed by atoms with Gasteiger partial charge in [-0.25, -0.2) is 13.1 Å². The van der Waals surface area contributed by atoms with Gasteiger partial charge in [0.1, 0.15) is 0 Å². The highest BCUT2D eigenvalue weighted by atomic mass is 32.2. The molecule has 0 atom stereocenters. The van der Waals surface area contributed by atoms with Crippen LogP contribution >= 0.6 is 0 Å². The predicted octanol–water partition coefficient (Wildman–Crippen LogP) is 0.557. The lowest BCUT2D eigenvalue weighted by Crippen LogP contribution is -2.24. The zero-order chi connectivity index (χ0) is 13.9. The van der Waals surface area contributed by atoms with Crippen molar-refractivity contribution in [3.8, 4) is 0 Å². The summed E-state index contributed by atoms with van der Waals surface area (Å²) in [6, 6.07) is 6.07. The maximum atomic E-state index is 12.0. The number of hydrogen-bond acceptors (Lipinski definition) is 4. The van der Waals surface area contributed by atoms with Gasteiger partial charge in [0.25, 0.3) is 0 Å². The van der Waals surface area contributed by atoms with Crippen molar-refractivity contribution in [2.45, 2.75) is 18.4 Å². The summed E-state index contributed by atoms with van der Waals surface area (Å²) in [5.74, 6) is 0. The van der Waals surface area contributed by atoms with Gasteiger partial charge in [-0.05, 0) is 24.6 Å². The number of sulfonamides is 1. The number of pyridine rings is 2. The Kier molecular flexibility index (Phi) is 3.77. The summed E-state index contributed by atoms with van der Waals surface area (Å²) in [6.45, 7) is 1.96. The smallest absolute Gasteiger partial charge is 0.247 e. The Morgan fingerprint density at radius 3 is 2.74 bits per heavy atom. The summed E-state index contributed by atoms with van der Waals surface area (Å²) in [6.07, 6.45) is 2.77. The van der Waals surface area contributed by atoms with Gasteiger partial charge in [0.2, 0.25) is 15.6 Å². The van der Waals surface area contributed by atoms with Crippen molar-refractivity contribution in [3.63, 3.8) is 0 Å². The van der Waals surface area contributed by atoms with Crippen LogP contribution in [0.25, 0.3) is 0 Å². The quantitative estimate of drug-likeness (QED) is 0.855. The van der Waals surface area contributed by atoms with Gasteiger partial charge in [0.15, 0.2) is 0 Å². The van der Waals surface area contributed by atoms with Gasteiger partial charge >= 0.3 is 0 Å². The van der Waals surface area contributed by atoms with Crippen LogP contribution in [0, 0.1) is 6.92 Å². The summed E-state index contributed by atoms with van der Waals surface area (Å²) in [7, 11) is -3.65. The standard InChI is InChI=1S/C12H13N3O3S/c1-9-3-2-6-13-11(9)8-15-19(17,18)10-4-5-12(16)14-7-10/h2-7,15H,8H2,1H3,(H,14,16). The van der Waals surface area contributed by atoms with E-state index in [2.05, 4.69) is 14.7 Å². The molecule has 2 heterocycles. The second kappa shape index (κ2) is 5.33. The monoisotopic (exact) mass is 279 g/mol. The molecule has 2 rings (SSSR count). The minimum absolute atomic E-state index is 0.0145. The fraction of sp³-hybridized carbons (Fsp3) is 0.167. The molecule has 0 fully saturated rings. The molecule has 6 nitrogen and oxygen atoms in total. The van der Waals surface area contributed by atoms with Gasteiger partial charge in [0.05, 0.1) is 17.1 Å². The Morgan fingerprint density at radius 2 is 2.11 bits per heavy atom. The minimum atomic E-state index is -3.65. The van der Waals surface area contributed by atoms with Crippen LogP contribution in [0.4, 0.5) is 0 Å². The molecule has 2 N–H and O–H groups in total. The fourth-order valence-electron chi connectivity index (χ4n) is 1.51. The molecule has 0 spiro atoms. The van der Waals surface area contributed by atoms with E-state index < -0.39 is 10.0 Å². The molecule has 0 radical (unpaired) electrons. The Labute approximate surface area is 110 Å². The molecule has 0 aliphatic rings. The highest BCUT2D eigenvalue weighted by molar-refractivity contribution is 7.89. The first kappa shape index (κ1) is 13.4. The molecule has 7 heteroatoms. The summed E-state index contributed by atoms with van der Waals surface area (Å²) >= 11 is 0. The zero-order valence-electron chi connectivity index (χ0n) is 10.3. The molecule has 0 bridgehead atoms. The first-order valence-corrected chi connectivity index (χ1v) is 7.06. The number of hydrogen-bond donors (Lipinski definition) is 2. The summed E-state index contributed by atoms with van der Waals surface area (Å²) in [5.41, 5.74) is 1.22. The Balaban J connectivity index is 2.17. The van der Waals surface area contributed by atoms with Crippen molar-refractivity contribution in [2.75, 3.05) is 0 Å². The van der Waals surface area contributed by atoms with Crippen molar-refractivity contribution < 1.29 is 8.42 Å². The number of aryl methyl sites for hydroxylation is 1. The maximum Gasteiger partial charge on any atom is 0.247 e. The Bertz CT molecular complexity index is 717. The van der Waals surface area contributed by atoms with Crippen LogP contribution < -0.4 is 10.3 Å². The molecule has 100 valence electrons. The highest BCUT2D eigenvalue weighted by Crippen LogP contribution is 2.07. The zero-order valence-corrected chi connectivity index (χ0v) is 11.1. The van der Waals surface area contributed by atoms with Crippen molar-refractivity contribution in [1.29, 1.82) is 0 Å². The molecule has 0 saturated heterocycles.